The second-order valence-corrected chi connectivity index (χ2v) is 5.67. The Morgan fingerprint density at radius 2 is 2.10 bits per heavy atom. The molecule has 1 aromatic heterocycles. The first kappa shape index (κ1) is 15.3. The van der Waals surface area contributed by atoms with Gasteiger partial charge >= 0.3 is 0 Å². The second kappa shape index (κ2) is 6.58. The monoisotopic (exact) mass is 304 g/mol. The number of benzene rings is 1. The van der Waals surface area contributed by atoms with E-state index in [2.05, 4.69) is 17.2 Å². The van der Waals surface area contributed by atoms with E-state index in [9.17, 15) is 4.79 Å². The van der Waals surface area contributed by atoms with Crippen molar-refractivity contribution in [2.24, 2.45) is 0 Å². The molecule has 2 aromatic rings. The van der Waals surface area contributed by atoms with Crippen molar-refractivity contribution in [2.75, 3.05) is 29.5 Å². The Kier molecular flexibility index (Phi) is 4.80. The number of carbonyl (C=O) groups is 1. The summed E-state index contributed by atoms with van der Waals surface area (Å²) in [7, 11) is 1.92. The number of hydrogen-bond acceptors (Lipinski definition) is 5. The summed E-state index contributed by atoms with van der Waals surface area (Å²) >= 11 is 1.31. The Balaban J connectivity index is 2.22. The molecule has 0 atom stereocenters. The van der Waals surface area contributed by atoms with Crippen LogP contribution in [0.15, 0.2) is 24.3 Å². The highest BCUT2D eigenvalue weighted by molar-refractivity contribution is 7.18. The molecule has 0 spiro atoms. The molecule has 0 saturated heterocycles. The lowest BCUT2D eigenvalue weighted by molar-refractivity contribution is 0.103. The number of hydrogen-bond donors (Lipinski definition) is 2. The van der Waals surface area contributed by atoms with E-state index in [1.54, 1.807) is 0 Å². The summed E-state index contributed by atoms with van der Waals surface area (Å²) in [5.74, 6) is 0.0726. The third-order valence-electron chi connectivity index (χ3n) is 3.30. The molecule has 1 aromatic carbocycles. The zero-order valence-electron chi connectivity index (χ0n) is 12.5. The third kappa shape index (κ3) is 3.33. The summed E-state index contributed by atoms with van der Waals surface area (Å²) in [6.07, 6.45) is 0.860. The van der Waals surface area contributed by atoms with Crippen LogP contribution in [0.2, 0.25) is 0 Å². The Morgan fingerprint density at radius 3 is 2.76 bits per heavy atom. The van der Waals surface area contributed by atoms with Gasteiger partial charge in [-0.05, 0) is 25.0 Å². The molecule has 0 radical (unpaired) electrons. The van der Waals surface area contributed by atoms with E-state index in [1.165, 1.54) is 11.3 Å². The molecule has 1 amide bonds. The smallest absolute Gasteiger partial charge is 0.269 e. The number of aromatic nitrogens is 1. The number of anilines is 3. The minimum atomic E-state index is -0.207. The van der Waals surface area contributed by atoms with Crippen LogP contribution in [-0.4, -0.2) is 24.5 Å². The van der Waals surface area contributed by atoms with Gasteiger partial charge < -0.3 is 16.0 Å². The van der Waals surface area contributed by atoms with Crippen molar-refractivity contribution < 1.29 is 4.79 Å². The Bertz CT molecular complexity index is 638. The number of nitrogen functional groups attached to an aromatic ring is 1. The van der Waals surface area contributed by atoms with Gasteiger partial charge in [0.2, 0.25) is 0 Å². The molecule has 21 heavy (non-hydrogen) atoms. The number of nitrogens with one attached hydrogen (secondary N) is 1. The third-order valence-corrected chi connectivity index (χ3v) is 4.48. The second-order valence-electron chi connectivity index (χ2n) is 4.69. The SMILES string of the molecule is CCc1ccccc1NC(=O)c1sc(N(C)CC)nc1N. The van der Waals surface area contributed by atoms with Gasteiger partial charge in [-0.15, -0.1) is 0 Å². The van der Waals surface area contributed by atoms with Gasteiger partial charge in [-0.25, -0.2) is 4.98 Å². The molecule has 0 aliphatic carbocycles. The average molecular weight is 304 g/mol. The van der Waals surface area contributed by atoms with Crippen molar-refractivity contribution in [3.63, 3.8) is 0 Å². The van der Waals surface area contributed by atoms with Crippen LogP contribution >= 0.6 is 11.3 Å². The maximum atomic E-state index is 12.4. The fraction of sp³-hybridized carbons (Fsp3) is 0.333. The first-order chi connectivity index (χ1) is 10.1. The first-order valence-electron chi connectivity index (χ1n) is 6.93. The van der Waals surface area contributed by atoms with E-state index < -0.39 is 0 Å². The van der Waals surface area contributed by atoms with Gasteiger partial charge in [0, 0.05) is 19.3 Å². The molecule has 0 aliphatic heterocycles. The largest absolute Gasteiger partial charge is 0.382 e. The predicted molar refractivity (Wildman–Crippen MR) is 89.2 cm³/mol. The van der Waals surface area contributed by atoms with E-state index in [1.807, 2.05) is 43.1 Å². The van der Waals surface area contributed by atoms with Gasteiger partial charge in [0.05, 0.1) is 0 Å². The van der Waals surface area contributed by atoms with E-state index in [-0.39, 0.29) is 11.7 Å². The fourth-order valence-corrected chi connectivity index (χ4v) is 2.82. The molecule has 0 aliphatic rings. The number of nitrogens with two attached hydrogens (primary N) is 1. The van der Waals surface area contributed by atoms with E-state index >= 15 is 0 Å². The van der Waals surface area contributed by atoms with Crippen molar-refractivity contribution >= 4 is 33.9 Å². The quantitative estimate of drug-likeness (QED) is 0.891. The number of rotatable bonds is 5. The van der Waals surface area contributed by atoms with Crippen LogP contribution in [0.25, 0.3) is 0 Å². The lowest BCUT2D eigenvalue weighted by atomic mass is 10.1. The molecule has 0 unspecified atom stereocenters. The average Bonchev–Trinajstić information content (AvgIpc) is 2.89. The molecule has 3 N–H and O–H groups in total. The van der Waals surface area contributed by atoms with Gasteiger partial charge in [0.15, 0.2) is 5.13 Å². The van der Waals surface area contributed by atoms with Gasteiger partial charge in [-0.1, -0.05) is 36.5 Å². The summed E-state index contributed by atoms with van der Waals surface area (Å²) in [5, 5.41) is 3.68. The van der Waals surface area contributed by atoms with Gasteiger partial charge in [0.25, 0.3) is 5.91 Å². The van der Waals surface area contributed by atoms with Crippen LogP contribution < -0.4 is 16.0 Å². The van der Waals surface area contributed by atoms with Crippen LogP contribution in [0.4, 0.5) is 16.6 Å². The summed E-state index contributed by atoms with van der Waals surface area (Å²) in [4.78, 5) is 19.0. The number of para-hydroxylation sites is 1. The van der Waals surface area contributed by atoms with Gasteiger partial charge in [-0.3, -0.25) is 4.79 Å². The molecular weight excluding hydrogens is 284 g/mol. The van der Waals surface area contributed by atoms with E-state index in [0.717, 1.165) is 29.3 Å². The number of carbonyl (C=O) groups excluding carboxylic acids is 1. The van der Waals surface area contributed by atoms with E-state index in [4.69, 9.17) is 5.73 Å². The molecule has 6 heteroatoms. The fourth-order valence-electron chi connectivity index (χ4n) is 1.91. The maximum absolute atomic E-state index is 12.4. The van der Waals surface area contributed by atoms with Crippen LogP contribution in [-0.2, 0) is 6.42 Å². The van der Waals surface area contributed by atoms with Crippen molar-refractivity contribution in [2.45, 2.75) is 20.3 Å². The Morgan fingerprint density at radius 1 is 1.38 bits per heavy atom. The molecular formula is C15H20N4OS. The van der Waals surface area contributed by atoms with Crippen LogP contribution in [0, 0.1) is 0 Å². The minimum Gasteiger partial charge on any atom is -0.382 e. The molecule has 112 valence electrons. The lowest BCUT2D eigenvalue weighted by Crippen LogP contribution is -2.15. The van der Waals surface area contributed by atoms with Crippen molar-refractivity contribution in [3.8, 4) is 0 Å². The highest BCUT2D eigenvalue weighted by atomic mass is 32.1. The topological polar surface area (TPSA) is 71.2 Å². The number of amides is 1. The highest BCUT2D eigenvalue weighted by Gasteiger charge is 2.18. The van der Waals surface area contributed by atoms with Crippen molar-refractivity contribution in [3.05, 3.63) is 34.7 Å². The molecule has 2 rings (SSSR count). The molecule has 0 fully saturated rings. The number of thiazole rings is 1. The number of nitrogens with zero attached hydrogens (tertiary/aromatic N) is 2. The van der Waals surface area contributed by atoms with Crippen LogP contribution in [0.3, 0.4) is 0 Å². The standard InChI is InChI=1S/C15H20N4OS/c1-4-10-8-6-7-9-11(10)17-14(20)12-13(16)18-15(21-12)19(3)5-2/h6-9H,4-5,16H2,1-3H3,(H,17,20). The van der Waals surface area contributed by atoms with Crippen molar-refractivity contribution in [1.29, 1.82) is 0 Å². The number of aryl methyl sites for hydroxylation is 1. The molecule has 0 bridgehead atoms. The Hall–Kier alpha value is -2.08. The summed E-state index contributed by atoms with van der Waals surface area (Å²) in [5.41, 5.74) is 7.79. The summed E-state index contributed by atoms with van der Waals surface area (Å²) in [6, 6.07) is 7.76. The summed E-state index contributed by atoms with van der Waals surface area (Å²) < 4.78 is 0. The maximum Gasteiger partial charge on any atom is 0.269 e. The van der Waals surface area contributed by atoms with Gasteiger partial charge in [0.1, 0.15) is 10.7 Å². The van der Waals surface area contributed by atoms with E-state index in [0.29, 0.717) is 4.88 Å². The van der Waals surface area contributed by atoms with Crippen molar-refractivity contribution in [1.82, 2.24) is 4.98 Å². The normalized spacial score (nSPS) is 10.4. The zero-order valence-corrected chi connectivity index (χ0v) is 13.3. The first-order valence-corrected chi connectivity index (χ1v) is 7.75. The molecule has 5 nitrogen and oxygen atoms in total. The van der Waals surface area contributed by atoms with Gasteiger partial charge in [-0.2, -0.15) is 0 Å². The molecule has 0 saturated carbocycles. The van der Waals surface area contributed by atoms with Crippen LogP contribution in [0.1, 0.15) is 29.1 Å². The zero-order chi connectivity index (χ0) is 15.4. The van der Waals surface area contributed by atoms with Crippen LogP contribution in [0.5, 0.6) is 0 Å². The molecule has 1 heterocycles. The Labute approximate surface area is 128 Å². The predicted octanol–water partition coefficient (Wildman–Crippen LogP) is 3.00. The minimum absolute atomic E-state index is 0.207. The lowest BCUT2D eigenvalue weighted by Gasteiger charge is -2.11. The highest BCUT2D eigenvalue weighted by Crippen LogP contribution is 2.28. The summed E-state index contributed by atoms with van der Waals surface area (Å²) in [6.45, 7) is 4.89.